The minimum Gasteiger partial charge on any atom is -0.488 e. The van der Waals surface area contributed by atoms with Gasteiger partial charge in [0.05, 0.1) is 42.7 Å². The Morgan fingerprint density at radius 3 is 2.50 bits per heavy atom. The van der Waals surface area contributed by atoms with E-state index < -0.39 is 11.9 Å². The van der Waals surface area contributed by atoms with Crippen molar-refractivity contribution in [3.63, 3.8) is 0 Å². The van der Waals surface area contributed by atoms with E-state index in [9.17, 15) is 9.59 Å². The number of nitrogens with zero attached hydrogens (tertiary/aromatic N) is 2. The Morgan fingerprint density at radius 2 is 1.71 bits per heavy atom. The van der Waals surface area contributed by atoms with Crippen molar-refractivity contribution in [3.05, 3.63) is 101 Å². The number of allylic oxidation sites excluding steroid dienone is 1. The first-order valence-corrected chi connectivity index (χ1v) is 10.8. The normalized spacial score (nSPS) is 13.5. The molecule has 7 nitrogen and oxygen atoms in total. The maximum Gasteiger partial charge on any atom is 0.337 e. The van der Waals surface area contributed by atoms with Gasteiger partial charge in [-0.05, 0) is 53.1 Å². The summed E-state index contributed by atoms with van der Waals surface area (Å²) in [5.41, 5.74) is 6.35. The predicted octanol–water partition coefficient (Wildman–Crippen LogP) is 4.63. The summed E-state index contributed by atoms with van der Waals surface area (Å²) in [4.78, 5) is 28.7. The van der Waals surface area contributed by atoms with E-state index in [1.54, 1.807) is 42.7 Å². The van der Waals surface area contributed by atoms with Gasteiger partial charge in [0.15, 0.2) is 0 Å². The van der Waals surface area contributed by atoms with Crippen molar-refractivity contribution in [1.82, 2.24) is 9.55 Å². The molecule has 2 heterocycles. The lowest BCUT2D eigenvalue weighted by atomic mass is 9.93. The molecule has 0 bridgehead atoms. The van der Waals surface area contributed by atoms with Crippen LogP contribution in [0.3, 0.4) is 0 Å². The molecule has 0 saturated carbocycles. The van der Waals surface area contributed by atoms with Gasteiger partial charge in [0.1, 0.15) is 12.4 Å². The van der Waals surface area contributed by atoms with Gasteiger partial charge in [-0.3, -0.25) is 0 Å². The lowest BCUT2D eigenvalue weighted by Crippen LogP contribution is -2.03. The molecule has 1 aromatic heterocycles. The maximum absolute atomic E-state index is 12.2. The van der Waals surface area contributed by atoms with Crippen LogP contribution in [0.4, 0.5) is 0 Å². The zero-order chi connectivity index (χ0) is 23.7. The first kappa shape index (κ1) is 21.5. The highest BCUT2D eigenvalue weighted by Gasteiger charge is 2.21. The summed E-state index contributed by atoms with van der Waals surface area (Å²) in [7, 11) is 2.73. The second kappa shape index (κ2) is 8.86. The van der Waals surface area contributed by atoms with Crippen molar-refractivity contribution in [3.8, 4) is 5.75 Å². The number of aromatic nitrogens is 2. The standard InChI is InChI=1S/C27H22N2O5/c1-32-26(30)17-8-10-25-22(13-17)21(20-6-4-3-5-19(20)15-34-25)11-12-29-16-28-23-9-7-18(14-24(23)29)27(31)33-2/h3-11,13-14,16H,12,15H2,1-2H3/b21-11+. The molecule has 0 N–H and O–H groups in total. The number of hydrogen-bond donors (Lipinski definition) is 0. The first-order chi connectivity index (χ1) is 16.6. The quantitative estimate of drug-likeness (QED) is 0.418. The molecule has 0 spiro atoms. The molecule has 0 amide bonds. The summed E-state index contributed by atoms with van der Waals surface area (Å²) in [5, 5.41) is 0. The molecule has 0 fully saturated rings. The van der Waals surface area contributed by atoms with Gasteiger partial charge in [-0.1, -0.05) is 30.3 Å². The fourth-order valence-electron chi connectivity index (χ4n) is 4.18. The minimum absolute atomic E-state index is 0.396. The van der Waals surface area contributed by atoms with Crippen molar-refractivity contribution in [2.24, 2.45) is 0 Å². The Hall–Kier alpha value is -4.39. The third-order valence-corrected chi connectivity index (χ3v) is 5.92. The highest BCUT2D eigenvalue weighted by Crippen LogP contribution is 2.37. The molecule has 1 aliphatic rings. The van der Waals surface area contributed by atoms with Gasteiger partial charge < -0.3 is 18.8 Å². The largest absolute Gasteiger partial charge is 0.488 e. The van der Waals surface area contributed by atoms with Gasteiger partial charge in [-0.15, -0.1) is 0 Å². The number of rotatable bonds is 4. The van der Waals surface area contributed by atoms with Crippen LogP contribution in [0.25, 0.3) is 16.6 Å². The molecule has 5 rings (SSSR count). The molecule has 0 unspecified atom stereocenters. The average Bonchev–Trinajstić information content (AvgIpc) is 3.22. The van der Waals surface area contributed by atoms with E-state index in [1.165, 1.54) is 14.2 Å². The summed E-state index contributed by atoms with van der Waals surface area (Å²) < 4.78 is 17.8. The Kier molecular flexibility index (Phi) is 5.59. The second-order valence-electron chi connectivity index (χ2n) is 7.86. The molecule has 3 aromatic carbocycles. The molecule has 34 heavy (non-hydrogen) atoms. The van der Waals surface area contributed by atoms with Crippen molar-refractivity contribution < 1.29 is 23.8 Å². The monoisotopic (exact) mass is 454 g/mol. The average molecular weight is 454 g/mol. The van der Waals surface area contributed by atoms with E-state index in [4.69, 9.17) is 14.2 Å². The Bertz CT molecular complexity index is 1450. The van der Waals surface area contributed by atoms with Gasteiger partial charge in [-0.25, -0.2) is 14.6 Å². The van der Waals surface area contributed by atoms with Crippen LogP contribution in [0.2, 0.25) is 0 Å². The van der Waals surface area contributed by atoms with E-state index in [0.29, 0.717) is 30.0 Å². The number of carbonyl (C=O) groups is 2. The van der Waals surface area contributed by atoms with Crippen LogP contribution in [-0.2, 0) is 22.6 Å². The van der Waals surface area contributed by atoms with Gasteiger partial charge in [0, 0.05) is 12.1 Å². The van der Waals surface area contributed by atoms with Crippen LogP contribution in [0.1, 0.15) is 37.4 Å². The number of hydrogen-bond acceptors (Lipinski definition) is 6. The molecule has 0 aliphatic carbocycles. The second-order valence-corrected chi connectivity index (χ2v) is 7.86. The van der Waals surface area contributed by atoms with E-state index in [2.05, 4.69) is 11.1 Å². The summed E-state index contributed by atoms with van der Waals surface area (Å²) in [5.74, 6) is -0.110. The third kappa shape index (κ3) is 3.81. The molecular formula is C27H22N2O5. The highest BCUT2D eigenvalue weighted by molar-refractivity contribution is 5.94. The van der Waals surface area contributed by atoms with Crippen LogP contribution in [0.15, 0.2) is 73.1 Å². The van der Waals surface area contributed by atoms with Crippen LogP contribution >= 0.6 is 0 Å². The van der Waals surface area contributed by atoms with Gasteiger partial charge in [0.2, 0.25) is 0 Å². The highest BCUT2D eigenvalue weighted by atomic mass is 16.5. The summed E-state index contributed by atoms with van der Waals surface area (Å²) in [6.07, 6.45) is 3.83. The van der Waals surface area contributed by atoms with E-state index in [1.807, 2.05) is 28.8 Å². The number of methoxy groups -OCH3 is 2. The number of benzene rings is 3. The maximum atomic E-state index is 12.2. The molecule has 1 aliphatic heterocycles. The Balaban J connectivity index is 1.62. The molecule has 4 aromatic rings. The molecule has 170 valence electrons. The number of carbonyl (C=O) groups excluding carboxylic acids is 2. The molecular weight excluding hydrogens is 432 g/mol. The first-order valence-electron chi connectivity index (χ1n) is 10.8. The number of esters is 2. The van der Waals surface area contributed by atoms with E-state index in [0.717, 1.165) is 33.3 Å². The Morgan fingerprint density at radius 1 is 0.971 bits per heavy atom. The summed E-state index contributed by atoms with van der Waals surface area (Å²) in [6.45, 7) is 0.918. The zero-order valence-electron chi connectivity index (χ0n) is 18.8. The number of imidazole rings is 1. The number of fused-ring (bicyclic) bond motifs is 3. The minimum atomic E-state index is -0.407. The van der Waals surface area contributed by atoms with Crippen molar-refractivity contribution in [1.29, 1.82) is 0 Å². The fraction of sp³-hybridized carbons (Fsp3) is 0.148. The SMILES string of the molecule is COC(=O)c1ccc2c(c1)/C(=C/Cn1cnc3ccc(C(=O)OC)cc31)c1ccccc1CO2. The lowest BCUT2D eigenvalue weighted by molar-refractivity contribution is 0.0592. The van der Waals surface area contributed by atoms with Crippen molar-refractivity contribution in [2.45, 2.75) is 13.2 Å². The molecule has 0 saturated heterocycles. The molecule has 7 heteroatoms. The predicted molar refractivity (Wildman–Crippen MR) is 127 cm³/mol. The van der Waals surface area contributed by atoms with Gasteiger partial charge in [-0.2, -0.15) is 0 Å². The van der Waals surface area contributed by atoms with Crippen LogP contribution in [0.5, 0.6) is 5.75 Å². The molecule has 0 radical (unpaired) electrons. The fourth-order valence-corrected chi connectivity index (χ4v) is 4.18. The van der Waals surface area contributed by atoms with Crippen molar-refractivity contribution >= 4 is 28.5 Å². The summed E-state index contributed by atoms with van der Waals surface area (Å²) in [6, 6.07) is 18.6. The topological polar surface area (TPSA) is 79.7 Å². The van der Waals surface area contributed by atoms with Crippen LogP contribution < -0.4 is 4.74 Å². The third-order valence-electron chi connectivity index (χ3n) is 5.92. The lowest BCUT2D eigenvalue weighted by Gasteiger charge is -2.12. The Labute approximate surface area is 196 Å². The number of ether oxygens (including phenoxy) is 3. The zero-order valence-corrected chi connectivity index (χ0v) is 18.8. The van der Waals surface area contributed by atoms with E-state index >= 15 is 0 Å². The van der Waals surface area contributed by atoms with E-state index in [-0.39, 0.29) is 0 Å². The molecule has 0 atom stereocenters. The van der Waals surface area contributed by atoms with Crippen molar-refractivity contribution in [2.75, 3.05) is 14.2 Å². The van der Waals surface area contributed by atoms with Crippen LogP contribution in [-0.4, -0.2) is 35.7 Å². The smallest absolute Gasteiger partial charge is 0.337 e. The van der Waals surface area contributed by atoms with Gasteiger partial charge in [0.25, 0.3) is 0 Å². The van der Waals surface area contributed by atoms with Gasteiger partial charge >= 0.3 is 11.9 Å². The van der Waals surface area contributed by atoms with Crippen LogP contribution in [0, 0.1) is 0 Å². The summed E-state index contributed by atoms with van der Waals surface area (Å²) >= 11 is 0.